The smallest absolute Gasteiger partial charge is 0.325 e. The molecule has 1 N–H and O–H groups in total. The van der Waals surface area contributed by atoms with Gasteiger partial charge in [-0.05, 0) is 31.9 Å². The zero-order chi connectivity index (χ0) is 26.0. The van der Waals surface area contributed by atoms with Crippen molar-refractivity contribution < 1.29 is 23.8 Å². The van der Waals surface area contributed by atoms with Gasteiger partial charge in [0.1, 0.15) is 24.9 Å². The van der Waals surface area contributed by atoms with Gasteiger partial charge in [0.15, 0.2) is 0 Å². The number of hydrogen-bond donors (Lipinski definition) is 1. The van der Waals surface area contributed by atoms with Crippen LogP contribution >= 0.6 is 0 Å². The van der Waals surface area contributed by atoms with Gasteiger partial charge in [-0.1, -0.05) is 30.3 Å². The third-order valence-electron chi connectivity index (χ3n) is 5.62. The summed E-state index contributed by atoms with van der Waals surface area (Å²) in [4.78, 5) is 40.0. The summed E-state index contributed by atoms with van der Waals surface area (Å²) in [6.07, 6.45) is 7.19. The Bertz CT molecular complexity index is 1220. The van der Waals surface area contributed by atoms with Gasteiger partial charge in [-0.25, -0.2) is 19.7 Å². The molecule has 0 radical (unpaired) electrons. The van der Waals surface area contributed by atoms with Crippen molar-refractivity contribution in [1.82, 2.24) is 29.7 Å². The van der Waals surface area contributed by atoms with Crippen LogP contribution in [0.25, 0.3) is 5.95 Å². The van der Waals surface area contributed by atoms with E-state index >= 15 is 0 Å². The number of esters is 1. The first kappa shape index (κ1) is 25.7. The fourth-order valence-electron chi connectivity index (χ4n) is 3.91. The number of ether oxygens (including phenoxy) is 3. The van der Waals surface area contributed by atoms with Gasteiger partial charge in [0.2, 0.25) is 12.7 Å². The van der Waals surface area contributed by atoms with E-state index < -0.39 is 12.0 Å². The van der Waals surface area contributed by atoms with Crippen molar-refractivity contribution in [3.05, 3.63) is 84.1 Å². The molecule has 0 saturated carbocycles. The molecular formula is C26H30N6O5. The lowest BCUT2D eigenvalue weighted by Crippen LogP contribution is -2.44. The van der Waals surface area contributed by atoms with Crippen LogP contribution in [0.5, 0.6) is 0 Å². The fourth-order valence-corrected chi connectivity index (χ4v) is 3.91. The average Bonchev–Trinajstić information content (AvgIpc) is 3.61. The van der Waals surface area contributed by atoms with E-state index in [1.165, 1.54) is 4.90 Å². The summed E-state index contributed by atoms with van der Waals surface area (Å²) in [5.74, 6) is 0.441. The summed E-state index contributed by atoms with van der Waals surface area (Å²) >= 11 is 0. The van der Waals surface area contributed by atoms with Gasteiger partial charge < -0.3 is 24.4 Å². The Morgan fingerprint density at radius 3 is 2.78 bits per heavy atom. The van der Waals surface area contributed by atoms with Crippen LogP contribution in [0.3, 0.4) is 0 Å². The van der Waals surface area contributed by atoms with Crippen molar-refractivity contribution in [2.75, 3.05) is 26.5 Å². The Balaban J connectivity index is 1.49. The lowest BCUT2D eigenvalue weighted by atomic mass is 9.97. The molecule has 0 saturated heterocycles. The molecule has 0 fully saturated rings. The maximum Gasteiger partial charge on any atom is 0.325 e. The SMILES string of the molecule is CCOC(=O)CN(Cc1cc(C)nc(-n2ccnc2)n1)C(=O)NCC(Cc1ccccc1)C1=COCO1. The van der Waals surface area contributed by atoms with Crippen molar-refractivity contribution in [3.63, 3.8) is 0 Å². The topological polar surface area (TPSA) is 121 Å². The number of aromatic nitrogens is 4. The van der Waals surface area contributed by atoms with E-state index in [0.29, 0.717) is 23.8 Å². The Morgan fingerprint density at radius 1 is 1.24 bits per heavy atom. The zero-order valence-corrected chi connectivity index (χ0v) is 20.9. The highest BCUT2D eigenvalue weighted by Crippen LogP contribution is 2.22. The Kier molecular flexibility index (Phi) is 8.69. The second-order valence-electron chi connectivity index (χ2n) is 8.45. The molecule has 1 unspecified atom stereocenters. The van der Waals surface area contributed by atoms with Crippen LogP contribution in [0.4, 0.5) is 4.79 Å². The second-order valence-corrected chi connectivity index (χ2v) is 8.45. The van der Waals surface area contributed by atoms with Gasteiger partial charge in [-0.2, -0.15) is 0 Å². The number of aryl methyl sites for hydroxylation is 1. The zero-order valence-electron chi connectivity index (χ0n) is 20.9. The molecule has 2 aromatic heterocycles. The molecule has 4 rings (SSSR count). The largest absolute Gasteiger partial charge is 0.465 e. The van der Waals surface area contributed by atoms with Gasteiger partial charge in [0, 0.05) is 30.6 Å². The molecule has 11 nitrogen and oxygen atoms in total. The number of hydrogen-bond acceptors (Lipinski definition) is 8. The first-order valence-corrected chi connectivity index (χ1v) is 12.0. The van der Waals surface area contributed by atoms with E-state index in [2.05, 4.69) is 20.3 Å². The van der Waals surface area contributed by atoms with Gasteiger partial charge >= 0.3 is 12.0 Å². The van der Waals surface area contributed by atoms with Crippen molar-refractivity contribution in [2.24, 2.45) is 5.92 Å². The highest BCUT2D eigenvalue weighted by molar-refractivity contribution is 5.81. The van der Waals surface area contributed by atoms with Gasteiger partial charge in [-0.3, -0.25) is 9.36 Å². The maximum absolute atomic E-state index is 13.3. The number of nitrogens with one attached hydrogen (secondary N) is 1. The third-order valence-corrected chi connectivity index (χ3v) is 5.62. The Hall–Kier alpha value is -4.41. The predicted octanol–water partition coefficient (Wildman–Crippen LogP) is 2.75. The number of carbonyl (C=O) groups excluding carboxylic acids is 2. The average molecular weight is 507 g/mol. The molecule has 0 bridgehead atoms. The minimum Gasteiger partial charge on any atom is -0.465 e. The van der Waals surface area contributed by atoms with Gasteiger partial charge in [0.05, 0.1) is 18.8 Å². The lowest BCUT2D eigenvalue weighted by Gasteiger charge is -2.24. The molecule has 37 heavy (non-hydrogen) atoms. The van der Waals surface area contributed by atoms with Crippen molar-refractivity contribution in [1.29, 1.82) is 0 Å². The van der Waals surface area contributed by atoms with E-state index in [0.717, 1.165) is 11.3 Å². The molecule has 1 aliphatic heterocycles. The van der Waals surface area contributed by atoms with Gasteiger partial charge in [-0.15, -0.1) is 0 Å². The first-order valence-electron chi connectivity index (χ1n) is 12.0. The number of carbonyl (C=O) groups is 2. The highest BCUT2D eigenvalue weighted by Gasteiger charge is 2.24. The second kappa shape index (κ2) is 12.5. The van der Waals surface area contributed by atoms with E-state index in [1.54, 1.807) is 42.5 Å². The summed E-state index contributed by atoms with van der Waals surface area (Å²) in [5, 5.41) is 2.95. The lowest BCUT2D eigenvalue weighted by molar-refractivity contribution is -0.143. The van der Waals surface area contributed by atoms with Gasteiger partial charge in [0.25, 0.3) is 0 Å². The summed E-state index contributed by atoms with van der Waals surface area (Å²) < 4.78 is 17.6. The number of amides is 2. The van der Waals surface area contributed by atoms with Crippen LogP contribution in [-0.2, 0) is 32.0 Å². The molecule has 194 valence electrons. The molecule has 1 aromatic carbocycles. The van der Waals surface area contributed by atoms with E-state index in [4.69, 9.17) is 14.2 Å². The fraction of sp³-hybridized carbons (Fsp3) is 0.346. The summed E-state index contributed by atoms with van der Waals surface area (Å²) in [6, 6.07) is 11.3. The quantitative estimate of drug-likeness (QED) is 0.394. The predicted molar refractivity (Wildman–Crippen MR) is 133 cm³/mol. The summed E-state index contributed by atoms with van der Waals surface area (Å²) in [7, 11) is 0. The molecule has 1 atom stereocenters. The molecule has 3 aromatic rings. The summed E-state index contributed by atoms with van der Waals surface area (Å²) in [6.45, 7) is 4.07. The Morgan fingerprint density at radius 2 is 2.08 bits per heavy atom. The number of benzene rings is 1. The van der Waals surface area contributed by atoms with E-state index in [9.17, 15) is 9.59 Å². The number of imidazole rings is 1. The van der Waals surface area contributed by atoms with Crippen LogP contribution in [0.15, 0.2) is 67.1 Å². The minimum absolute atomic E-state index is 0.0847. The van der Waals surface area contributed by atoms with E-state index in [-0.39, 0.29) is 39.0 Å². The molecule has 3 heterocycles. The number of rotatable bonds is 11. The van der Waals surface area contributed by atoms with Crippen molar-refractivity contribution in [2.45, 2.75) is 26.8 Å². The van der Waals surface area contributed by atoms with Crippen molar-refractivity contribution in [3.8, 4) is 5.95 Å². The van der Waals surface area contributed by atoms with Crippen LogP contribution in [0.2, 0.25) is 0 Å². The highest BCUT2D eigenvalue weighted by atomic mass is 16.7. The molecule has 1 aliphatic rings. The summed E-state index contributed by atoms with van der Waals surface area (Å²) in [5.41, 5.74) is 2.40. The molecule has 0 aliphatic carbocycles. The number of urea groups is 1. The Labute approximate surface area is 215 Å². The molecular weight excluding hydrogens is 476 g/mol. The monoisotopic (exact) mass is 506 g/mol. The van der Waals surface area contributed by atoms with E-state index in [1.807, 2.05) is 37.3 Å². The third kappa shape index (κ3) is 7.29. The molecule has 2 amide bonds. The standard InChI is InChI=1S/C26H30N6O5/c1-3-36-24(33)15-32(14-22-11-19(2)29-25(30-22)31-10-9-27-17-31)26(34)28-13-21(23-16-35-18-37-23)12-20-7-5-4-6-8-20/h4-11,16-17,21H,3,12-15,18H2,1-2H3,(H,28,34). The minimum atomic E-state index is -0.505. The number of nitrogens with zero attached hydrogens (tertiary/aromatic N) is 5. The molecule has 11 heteroatoms. The maximum atomic E-state index is 13.3. The first-order chi connectivity index (χ1) is 18.0. The van der Waals surface area contributed by atoms with Crippen LogP contribution in [0.1, 0.15) is 23.9 Å². The van der Waals surface area contributed by atoms with Crippen LogP contribution < -0.4 is 5.32 Å². The molecule has 0 spiro atoms. The van der Waals surface area contributed by atoms with Crippen molar-refractivity contribution >= 4 is 12.0 Å². The normalized spacial score (nSPS) is 13.2. The van der Waals surface area contributed by atoms with Crippen LogP contribution in [0, 0.1) is 12.8 Å². The van der Waals surface area contributed by atoms with Crippen LogP contribution in [-0.4, -0.2) is 62.9 Å².